The Morgan fingerprint density at radius 1 is 0.909 bits per heavy atom. The highest BCUT2D eigenvalue weighted by atomic mass is 16.2. The third-order valence-corrected chi connectivity index (χ3v) is 3.06. The average Bonchev–Trinajstić information content (AvgIpc) is 2.48. The van der Waals surface area contributed by atoms with E-state index in [9.17, 15) is 9.59 Å². The average molecular weight is 297 g/mol. The normalized spacial score (nSPS) is 11.4. The Morgan fingerprint density at radius 2 is 1.59 bits per heavy atom. The molecule has 0 spiro atoms. The molecule has 0 radical (unpaired) electrons. The SMILES string of the molecule is Cc1cccc(NC(=O)C(C)NC(=O)Nc2ccccc2)c1. The summed E-state index contributed by atoms with van der Waals surface area (Å²) in [6.07, 6.45) is 0. The Bertz CT molecular complexity index is 656. The molecule has 0 aliphatic rings. The second kappa shape index (κ2) is 7.26. The smallest absolute Gasteiger partial charge is 0.319 e. The molecule has 0 heterocycles. The number of carbonyl (C=O) groups excluding carboxylic acids is 2. The molecule has 2 aromatic rings. The van der Waals surface area contributed by atoms with Crippen LogP contribution < -0.4 is 16.0 Å². The number of hydrogen-bond donors (Lipinski definition) is 3. The summed E-state index contributed by atoms with van der Waals surface area (Å²) in [4.78, 5) is 23.9. The van der Waals surface area contributed by atoms with Gasteiger partial charge in [-0.1, -0.05) is 30.3 Å². The zero-order valence-electron chi connectivity index (χ0n) is 12.6. The summed E-state index contributed by atoms with van der Waals surface area (Å²) in [7, 11) is 0. The van der Waals surface area contributed by atoms with Gasteiger partial charge >= 0.3 is 6.03 Å². The van der Waals surface area contributed by atoms with Gasteiger partial charge in [0.05, 0.1) is 0 Å². The summed E-state index contributed by atoms with van der Waals surface area (Å²) in [6, 6.07) is 15.5. The Hall–Kier alpha value is -2.82. The van der Waals surface area contributed by atoms with Crippen LogP contribution in [0.1, 0.15) is 12.5 Å². The number of amides is 3. The van der Waals surface area contributed by atoms with Gasteiger partial charge in [0.25, 0.3) is 0 Å². The number of urea groups is 1. The zero-order valence-corrected chi connectivity index (χ0v) is 12.6. The van der Waals surface area contributed by atoms with E-state index < -0.39 is 12.1 Å². The van der Waals surface area contributed by atoms with Gasteiger partial charge < -0.3 is 16.0 Å². The number of benzene rings is 2. The Labute approximate surface area is 129 Å². The van der Waals surface area contributed by atoms with Crippen LogP contribution in [-0.4, -0.2) is 18.0 Å². The van der Waals surface area contributed by atoms with Crippen molar-refractivity contribution in [3.05, 3.63) is 60.2 Å². The minimum Gasteiger partial charge on any atom is -0.326 e. The highest BCUT2D eigenvalue weighted by Crippen LogP contribution is 2.10. The predicted octanol–water partition coefficient (Wildman–Crippen LogP) is 3.14. The van der Waals surface area contributed by atoms with E-state index in [1.54, 1.807) is 19.1 Å². The van der Waals surface area contributed by atoms with Gasteiger partial charge in [-0.2, -0.15) is 0 Å². The number of rotatable bonds is 4. The van der Waals surface area contributed by atoms with Gasteiger partial charge in [-0.05, 0) is 43.7 Å². The lowest BCUT2D eigenvalue weighted by Gasteiger charge is -2.15. The monoisotopic (exact) mass is 297 g/mol. The molecule has 3 N–H and O–H groups in total. The van der Waals surface area contributed by atoms with Gasteiger partial charge in [0, 0.05) is 11.4 Å². The second-order valence-corrected chi connectivity index (χ2v) is 5.04. The van der Waals surface area contributed by atoms with E-state index >= 15 is 0 Å². The van der Waals surface area contributed by atoms with Crippen LogP contribution in [0.15, 0.2) is 54.6 Å². The van der Waals surface area contributed by atoms with E-state index in [1.807, 2.05) is 49.4 Å². The van der Waals surface area contributed by atoms with E-state index in [4.69, 9.17) is 0 Å². The Kier molecular flexibility index (Phi) is 5.14. The van der Waals surface area contributed by atoms with Crippen LogP contribution in [0.2, 0.25) is 0 Å². The summed E-state index contributed by atoms with van der Waals surface area (Å²) in [5.74, 6) is -0.270. The summed E-state index contributed by atoms with van der Waals surface area (Å²) >= 11 is 0. The standard InChI is InChI=1S/C17H19N3O2/c1-12-7-6-10-15(11-12)19-16(21)13(2)18-17(22)20-14-8-4-3-5-9-14/h3-11,13H,1-2H3,(H,19,21)(H2,18,20,22). The summed E-state index contributed by atoms with van der Waals surface area (Å²) in [5.41, 5.74) is 2.44. The first kappa shape index (κ1) is 15.6. The third-order valence-electron chi connectivity index (χ3n) is 3.06. The molecule has 22 heavy (non-hydrogen) atoms. The quantitative estimate of drug-likeness (QED) is 0.811. The maximum Gasteiger partial charge on any atom is 0.319 e. The molecule has 2 aromatic carbocycles. The second-order valence-electron chi connectivity index (χ2n) is 5.04. The lowest BCUT2D eigenvalue weighted by molar-refractivity contribution is -0.117. The first-order chi connectivity index (χ1) is 10.5. The van der Waals surface area contributed by atoms with Crippen LogP contribution in [0.25, 0.3) is 0 Å². The van der Waals surface area contributed by atoms with Crippen molar-refractivity contribution in [2.45, 2.75) is 19.9 Å². The number of aryl methyl sites for hydroxylation is 1. The maximum atomic E-state index is 12.1. The molecule has 1 unspecified atom stereocenters. The maximum absolute atomic E-state index is 12.1. The molecule has 0 saturated heterocycles. The van der Waals surface area contributed by atoms with Gasteiger partial charge in [-0.25, -0.2) is 4.79 Å². The topological polar surface area (TPSA) is 70.2 Å². The largest absolute Gasteiger partial charge is 0.326 e. The van der Waals surface area contributed by atoms with Crippen molar-refractivity contribution >= 4 is 23.3 Å². The van der Waals surface area contributed by atoms with Gasteiger partial charge in [-0.15, -0.1) is 0 Å². The summed E-state index contributed by atoms with van der Waals surface area (Å²) in [5, 5.41) is 8.04. The van der Waals surface area contributed by atoms with Crippen LogP contribution in [0.5, 0.6) is 0 Å². The lowest BCUT2D eigenvalue weighted by atomic mass is 10.2. The van der Waals surface area contributed by atoms with Crippen molar-refractivity contribution in [3.63, 3.8) is 0 Å². The minimum absolute atomic E-state index is 0.270. The molecular weight excluding hydrogens is 278 g/mol. The fourth-order valence-corrected chi connectivity index (χ4v) is 1.92. The first-order valence-corrected chi connectivity index (χ1v) is 7.04. The van der Waals surface area contributed by atoms with Gasteiger partial charge in [0.2, 0.25) is 5.91 Å². The van der Waals surface area contributed by atoms with Crippen molar-refractivity contribution in [2.75, 3.05) is 10.6 Å². The molecule has 114 valence electrons. The van der Waals surface area contributed by atoms with E-state index in [2.05, 4.69) is 16.0 Å². The lowest BCUT2D eigenvalue weighted by Crippen LogP contribution is -2.43. The zero-order chi connectivity index (χ0) is 15.9. The van der Waals surface area contributed by atoms with E-state index in [0.29, 0.717) is 11.4 Å². The summed E-state index contributed by atoms with van der Waals surface area (Å²) in [6.45, 7) is 3.58. The number of anilines is 2. The van der Waals surface area contributed by atoms with Gasteiger partial charge in [-0.3, -0.25) is 4.79 Å². The molecule has 5 nitrogen and oxygen atoms in total. The highest BCUT2D eigenvalue weighted by molar-refractivity contribution is 5.98. The first-order valence-electron chi connectivity index (χ1n) is 7.04. The van der Waals surface area contributed by atoms with Gasteiger partial charge in [0.15, 0.2) is 0 Å². The Morgan fingerprint density at radius 3 is 2.27 bits per heavy atom. The van der Waals surface area contributed by atoms with Crippen molar-refractivity contribution in [3.8, 4) is 0 Å². The van der Waals surface area contributed by atoms with Crippen molar-refractivity contribution in [1.82, 2.24) is 5.32 Å². The van der Waals surface area contributed by atoms with Gasteiger partial charge in [0.1, 0.15) is 6.04 Å². The predicted molar refractivity (Wildman–Crippen MR) is 87.9 cm³/mol. The van der Waals surface area contributed by atoms with Crippen LogP contribution in [0.3, 0.4) is 0 Å². The van der Waals surface area contributed by atoms with Crippen LogP contribution in [0, 0.1) is 6.92 Å². The third kappa shape index (κ3) is 4.63. The molecule has 1 atom stereocenters. The molecule has 3 amide bonds. The molecule has 0 aliphatic carbocycles. The van der Waals surface area contributed by atoms with Crippen LogP contribution in [0.4, 0.5) is 16.2 Å². The minimum atomic E-state index is -0.649. The highest BCUT2D eigenvalue weighted by Gasteiger charge is 2.15. The number of carbonyl (C=O) groups is 2. The molecule has 0 bridgehead atoms. The molecule has 5 heteroatoms. The van der Waals surface area contributed by atoms with Crippen molar-refractivity contribution in [1.29, 1.82) is 0 Å². The molecule has 2 rings (SSSR count). The van der Waals surface area contributed by atoms with E-state index in [0.717, 1.165) is 5.56 Å². The molecule has 0 saturated carbocycles. The molecular formula is C17H19N3O2. The molecule has 0 aromatic heterocycles. The number of nitrogens with one attached hydrogen (secondary N) is 3. The summed E-state index contributed by atoms with van der Waals surface area (Å²) < 4.78 is 0. The number of hydrogen-bond acceptors (Lipinski definition) is 2. The molecule has 0 fully saturated rings. The molecule has 0 aliphatic heterocycles. The number of para-hydroxylation sites is 1. The Balaban J connectivity index is 1.87. The van der Waals surface area contributed by atoms with Crippen LogP contribution >= 0.6 is 0 Å². The fraction of sp³-hybridized carbons (Fsp3) is 0.176. The van der Waals surface area contributed by atoms with Crippen molar-refractivity contribution < 1.29 is 9.59 Å². The van der Waals surface area contributed by atoms with Crippen LogP contribution in [-0.2, 0) is 4.79 Å². The van der Waals surface area contributed by atoms with E-state index in [1.165, 1.54) is 0 Å². The van der Waals surface area contributed by atoms with Crippen molar-refractivity contribution in [2.24, 2.45) is 0 Å². The van der Waals surface area contributed by atoms with E-state index in [-0.39, 0.29) is 5.91 Å². The fourth-order valence-electron chi connectivity index (χ4n) is 1.92.